The van der Waals surface area contributed by atoms with Crippen molar-refractivity contribution in [2.24, 2.45) is 5.92 Å². The van der Waals surface area contributed by atoms with Crippen molar-refractivity contribution in [3.8, 4) is 5.75 Å². The normalized spacial score (nSPS) is 20.5. The number of benzene rings is 1. The number of para-hydroxylation sites is 1. The van der Waals surface area contributed by atoms with Crippen LogP contribution in [-0.2, 0) is 14.3 Å². The van der Waals surface area contributed by atoms with Gasteiger partial charge < -0.3 is 14.8 Å². The van der Waals surface area contributed by atoms with Gasteiger partial charge in [0.1, 0.15) is 12.3 Å². The topological polar surface area (TPSA) is 64.6 Å². The second kappa shape index (κ2) is 5.73. The molecule has 0 unspecified atom stereocenters. The highest BCUT2D eigenvalue weighted by Crippen LogP contribution is 2.50. The van der Waals surface area contributed by atoms with Gasteiger partial charge in [-0.1, -0.05) is 18.2 Å². The van der Waals surface area contributed by atoms with Crippen LogP contribution in [0.15, 0.2) is 24.3 Å². The molecule has 0 aliphatic heterocycles. The molecule has 0 saturated heterocycles. The van der Waals surface area contributed by atoms with Crippen molar-refractivity contribution in [2.75, 3.05) is 20.8 Å². The molecule has 1 aromatic rings. The second-order valence-corrected chi connectivity index (χ2v) is 4.48. The summed E-state index contributed by atoms with van der Waals surface area (Å²) in [6.45, 7) is -0.0789. The van der Waals surface area contributed by atoms with E-state index in [0.29, 0.717) is 0 Å². The number of hydrogen-bond acceptors (Lipinski definition) is 4. The smallest absolute Gasteiger partial charge is 0.325 e. The SMILES string of the molecule is COC(=O)CNC(=O)[C@H]1C[C@@H]1c1ccccc1OC. The van der Waals surface area contributed by atoms with Crippen LogP contribution in [0.3, 0.4) is 0 Å². The van der Waals surface area contributed by atoms with E-state index < -0.39 is 5.97 Å². The first-order valence-corrected chi connectivity index (χ1v) is 6.14. The van der Waals surface area contributed by atoms with Crippen LogP contribution in [0.5, 0.6) is 5.75 Å². The van der Waals surface area contributed by atoms with E-state index in [4.69, 9.17) is 4.74 Å². The Morgan fingerprint density at radius 3 is 2.74 bits per heavy atom. The zero-order valence-electron chi connectivity index (χ0n) is 11.0. The summed E-state index contributed by atoms with van der Waals surface area (Å²) in [6, 6.07) is 7.69. The number of ether oxygens (including phenoxy) is 2. The molecule has 0 heterocycles. The lowest BCUT2D eigenvalue weighted by Gasteiger charge is -2.07. The minimum absolute atomic E-state index is 0.0789. The van der Waals surface area contributed by atoms with Gasteiger partial charge in [0.05, 0.1) is 14.2 Å². The van der Waals surface area contributed by atoms with Gasteiger partial charge in [-0.2, -0.15) is 0 Å². The number of carbonyl (C=O) groups is 2. The summed E-state index contributed by atoms with van der Waals surface area (Å²) in [4.78, 5) is 22.8. The molecule has 5 heteroatoms. The number of methoxy groups -OCH3 is 2. The Kier molecular flexibility index (Phi) is 4.04. The van der Waals surface area contributed by atoms with E-state index in [9.17, 15) is 9.59 Å². The van der Waals surface area contributed by atoms with E-state index in [0.717, 1.165) is 17.7 Å². The molecule has 0 bridgehead atoms. The van der Waals surface area contributed by atoms with Crippen molar-refractivity contribution in [2.45, 2.75) is 12.3 Å². The van der Waals surface area contributed by atoms with Gasteiger partial charge in [-0.25, -0.2) is 0 Å². The van der Waals surface area contributed by atoms with E-state index in [1.165, 1.54) is 7.11 Å². The Balaban J connectivity index is 1.93. The highest BCUT2D eigenvalue weighted by atomic mass is 16.5. The number of esters is 1. The zero-order valence-corrected chi connectivity index (χ0v) is 11.0. The van der Waals surface area contributed by atoms with Gasteiger partial charge in [-0.3, -0.25) is 9.59 Å². The number of nitrogens with one attached hydrogen (secondary N) is 1. The molecule has 1 aliphatic carbocycles. The summed E-state index contributed by atoms with van der Waals surface area (Å²) in [5, 5.41) is 2.58. The number of rotatable bonds is 5. The predicted octanol–water partition coefficient (Wildman–Crippen LogP) is 1.09. The maximum Gasteiger partial charge on any atom is 0.325 e. The lowest BCUT2D eigenvalue weighted by molar-refractivity contribution is -0.141. The first kappa shape index (κ1) is 13.4. The third-order valence-corrected chi connectivity index (χ3v) is 3.30. The molecular weight excluding hydrogens is 246 g/mol. The average molecular weight is 263 g/mol. The Labute approximate surface area is 111 Å². The van der Waals surface area contributed by atoms with Gasteiger partial charge in [0, 0.05) is 5.92 Å². The molecule has 1 N–H and O–H groups in total. The van der Waals surface area contributed by atoms with Crippen LogP contribution < -0.4 is 10.1 Å². The Hall–Kier alpha value is -2.04. The van der Waals surface area contributed by atoms with Crippen LogP contribution in [0, 0.1) is 5.92 Å². The molecule has 5 nitrogen and oxygen atoms in total. The van der Waals surface area contributed by atoms with Crippen LogP contribution in [-0.4, -0.2) is 32.6 Å². The van der Waals surface area contributed by atoms with Crippen molar-refractivity contribution in [3.05, 3.63) is 29.8 Å². The molecule has 1 saturated carbocycles. The molecule has 0 spiro atoms. The Bertz CT molecular complexity index is 486. The zero-order chi connectivity index (χ0) is 13.8. The first-order chi connectivity index (χ1) is 9.17. The molecule has 2 rings (SSSR count). The molecule has 0 aromatic heterocycles. The van der Waals surface area contributed by atoms with Crippen LogP contribution in [0.4, 0.5) is 0 Å². The third kappa shape index (κ3) is 3.05. The molecule has 102 valence electrons. The molecule has 1 aliphatic rings. The number of carbonyl (C=O) groups excluding carboxylic acids is 2. The highest BCUT2D eigenvalue weighted by Gasteiger charge is 2.45. The third-order valence-electron chi connectivity index (χ3n) is 3.30. The fourth-order valence-corrected chi connectivity index (χ4v) is 2.16. The van der Waals surface area contributed by atoms with E-state index in [1.54, 1.807) is 7.11 Å². The van der Waals surface area contributed by atoms with Crippen molar-refractivity contribution in [1.29, 1.82) is 0 Å². The molecule has 0 radical (unpaired) electrons. The van der Waals surface area contributed by atoms with Crippen molar-refractivity contribution < 1.29 is 19.1 Å². The van der Waals surface area contributed by atoms with E-state index in [-0.39, 0.29) is 24.3 Å². The fraction of sp³-hybridized carbons (Fsp3) is 0.429. The van der Waals surface area contributed by atoms with Crippen LogP contribution in [0.1, 0.15) is 17.9 Å². The molecule has 1 fully saturated rings. The van der Waals surface area contributed by atoms with Crippen LogP contribution >= 0.6 is 0 Å². The standard InChI is InChI=1S/C14H17NO4/c1-18-12-6-4-3-5-9(12)10-7-11(10)14(17)15-8-13(16)19-2/h3-6,10-11H,7-8H2,1-2H3,(H,15,17)/t10-,11+/m1/s1. The van der Waals surface area contributed by atoms with Crippen molar-refractivity contribution >= 4 is 11.9 Å². The summed E-state index contributed by atoms with van der Waals surface area (Å²) >= 11 is 0. The summed E-state index contributed by atoms with van der Waals surface area (Å²) in [5.74, 6) is 0.342. The lowest BCUT2D eigenvalue weighted by atomic mass is 10.1. The van der Waals surface area contributed by atoms with Gasteiger partial charge >= 0.3 is 5.97 Å². The van der Waals surface area contributed by atoms with Gasteiger partial charge in [-0.15, -0.1) is 0 Å². The van der Waals surface area contributed by atoms with E-state index in [1.807, 2.05) is 24.3 Å². The minimum Gasteiger partial charge on any atom is -0.496 e. The van der Waals surface area contributed by atoms with Gasteiger partial charge in [-0.05, 0) is 24.0 Å². The van der Waals surface area contributed by atoms with Crippen molar-refractivity contribution in [1.82, 2.24) is 5.32 Å². The van der Waals surface area contributed by atoms with Crippen LogP contribution in [0.2, 0.25) is 0 Å². The lowest BCUT2D eigenvalue weighted by Crippen LogP contribution is -2.31. The number of amides is 1. The number of hydrogen-bond donors (Lipinski definition) is 1. The predicted molar refractivity (Wildman–Crippen MR) is 68.9 cm³/mol. The molecule has 1 aromatic carbocycles. The van der Waals surface area contributed by atoms with Gasteiger partial charge in [0.15, 0.2) is 0 Å². The summed E-state index contributed by atoms with van der Waals surface area (Å²) in [5.41, 5.74) is 1.04. The van der Waals surface area contributed by atoms with Gasteiger partial charge in [0.2, 0.25) is 5.91 Å². The van der Waals surface area contributed by atoms with E-state index >= 15 is 0 Å². The largest absolute Gasteiger partial charge is 0.496 e. The minimum atomic E-state index is -0.442. The Morgan fingerprint density at radius 1 is 1.32 bits per heavy atom. The molecule has 2 atom stereocenters. The van der Waals surface area contributed by atoms with Gasteiger partial charge in [0.25, 0.3) is 0 Å². The summed E-state index contributed by atoms with van der Waals surface area (Å²) in [7, 11) is 2.91. The maximum atomic E-state index is 11.8. The van der Waals surface area contributed by atoms with Crippen molar-refractivity contribution in [3.63, 3.8) is 0 Å². The second-order valence-electron chi connectivity index (χ2n) is 4.48. The quantitative estimate of drug-likeness (QED) is 0.808. The summed E-state index contributed by atoms with van der Waals surface area (Å²) in [6.07, 6.45) is 0.785. The molecule has 19 heavy (non-hydrogen) atoms. The van der Waals surface area contributed by atoms with E-state index in [2.05, 4.69) is 10.1 Å². The molecule has 1 amide bonds. The van der Waals surface area contributed by atoms with Crippen LogP contribution in [0.25, 0.3) is 0 Å². The average Bonchev–Trinajstić information content (AvgIpc) is 3.24. The monoisotopic (exact) mass is 263 g/mol. The fourth-order valence-electron chi connectivity index (χ4n) is 2.16. The maximum absolute atomic E-state index is 11.8. The highest BCUT2D eigenvalue weighted by molar-refractivity contribution is 5.86. The summed E-state index contributed by atoms with van der Waals surface area (Å²) < 4.78 is 9.76. The first-order valence-electron chi connectivity index (χ1n) is 6.14. The molecular formula is C14H17NO4. The Morgan fingerprint density at radius 2 is 2.05 bits per heavy atom.